The van der Waals surface area contributed by atoms with Crippen molar-refractivity contribution in [1.29, 1.82) is 5.41 Å². The van der Waals surface area contributed by atoms with Crippen molar-refractivity contribution in [2.24, 2.45) is 0 Å². The van der Waals surface area contributed by atoms with E-state index in [0.717, 1.165) is 37.7 Å². The molecule has 38 heavy (non-hydrogen) atoms. The molecule has 1 atom stereocenters. The molecule has 0 unspecified atom stereocenters. The van der Waals surface area contributed by atoms with Crippen molar-refractivity contribution >= 4 is 39.1 Å². The van der Waals surface area contributed by atoms with Gasteiger partial charge in [0.15, 0.2) is 0 Å². The van der Waals surface area contributed by atoms with E-state index in [1.165, 1.54) is 17.7 Å². The molecule has 3 aromatic heterocycles. The van der Waals surface area contributed by atoms with Gasteiger partial charge in [-0.1, -0.05) is 0 Å². The number of pyridine rings is 1. The van der Waals surface area contributed by atoms with Crippen LogP contribution < -0.4 is 10.9 Å². The number of thiophene rings is 1. The molecule has 2 aliphatic heterocycles. The van der Waals surface area contributed by atoms with Gasteiger partial charge in [-0.2, -0.15) is 0 Å². The zero-order chi connectivity index (χ0) is 26.8. The first-order valence-electron chi connectivity index (χ1n) is 13.0. The molecule has 3 aromatic rings. The minimum atomic E-state index is -0.654. The van der Waals surface area contributed by atoms with E-state index >= 15 is 0 Å². The summed E-state index contributed by atoms with van der Waals surface area (Å²) in [6.07, 6.45) is 5.80. The highest BCUT2D eigenvalue weighted by Gasteiger charge is 2.46. The number of aryl methyl sites for hydroxylation is 1. The summed E-state index contributed by atoms with van der Waals surface area (Å²) >= 11 is 1.31. The summed E-state index contributed by atoms with van der Waals surface area (Å²) in [6, 6.07) is 3.86. The number of carbonyl (C=O) groups is 2. The molecule has 1 saturated heterocycles. The first kappa shape index (κ1) is 24.9. The Balaban J connectivity index is 1.31. The van der Waals surface area contributed by atoms with Crippen LogP contribution in [-0.4, -0.2) is 75.1 Å². The Morgan fingerprint density at radius 1 is 1.24 bits per heavy atom. The number of likely N-dealkylation sites (N-methyl/N-ethyl adjacent to an activating group) is 1. The van der Waals surface area contributed by atoms with Crippen LogP contribution in [0.1, 0.15) is 69.1 Å². The summed E-state index contributed by atoms with van der Waals surface area (Å²) in [6.45, 7) is 3.24. The Hall–Kier alpha value is -3.44. The summed E-state index contributed by atoms with van der Waals surface area (Å²) in [5.74, 6) is -0.229. The number of hydrogen-bond acceptors (Lipinski definition) is 8. The molecule has 0 aromatic carbocycles. The third kappa shape index (κ3) is 3.87. The summed E-state index contributed by atoms with van der Waals surface area (Å²) < 4.78 is 1.65. The monoisotopic (exact) mass is 533 g/mol. The van der Waals surface area contributed by atoms with Crippen LogP contribution in [0.3, 0.4) is 0 Å². The SMILES string of the molecule is Cc1cc(CC(=N)c2ncnc3sc(C(=O)N4CC[C@@H](N(C)C)C4)cc23)c(=O)n2c1C(=O)NC21CCCC1. The van der Waals surface area contributed by atoms with Crippen LogP contribution in [0, 0.1) is 12.3 Å². The predicted molar refractivity (Wildman–Crippen MR) is 145 cm³/mol. The van der Waals surface area contributed by atoms with Gasteiger partial charge in [0.25, 0.3) is 17.4 Å². The number of fused-ring (bicyclic) bond motifs is 3. The van der Waals surface area contributed by atoms with Gasteiger partial charge in [-0.25, -0.2) is 9.97 Å². The van der Waals surface area contributed by atoms with Crippen LogP contribution in [0.4, 0.5) is 0 Å². The zero-order valence-corrected chi connectivity index (χ0v) is 22.7. The van der Waals surface area contributed by atoms with Gasteiger partial charge in [0.2, 0.25) is 0 Å². The van der Waals surface area contributed by atoms with Crippen LogP contribution in [0.2, 0.25) is 0 Å². The molecule has 10 nitrogen and oxygen atoms in total. The number of amides is 2. The molecule has 11 heteroatoms. The average Bonchev–Trinajstić information content (AvgIpc) is 3.67. The van der Waals surface area contributed by atoms with Crippen molar-refractivity contribution in [3.05, 3.63) is 56.2 Å². The van der Waals surface area contributed by atoms with Crippen molar-refractivity contribution in [2.75, 3.05) is 27.2 Å². The van der Waals surface area contributed by atoms with Crippen LogP contribution in [0.15, 0.2) is 23.3 Å². The minimum Gasteiger partial charge on any atom is -0.336 e. The van der Waals surface area contributed by atoms with Gasteiger partial charge in [-0.15, -0.1) is 11.3 Å². The summed E-state index contributed by atoms with van der Waals surface area (Å²) in [4.78, 5) is 53.6. The lowest BCUT2D eigenvalue weighted by Crippen LogP contribution is -2.45. The third-order valence-electron chi connectivity index (χ3n) is 8.26. The standard InChI is InChI=1S/C27H31N7O3S/c1-15-10-16(25(36)34-22(15)23(35)31-27(34)7-4-5-8-27)11-19(28)21-18-12-20(38-24(18)30-14-29-21)26(37)33-9-6-17(13-33)32(2)3/h10,12,14,17,28H,4-9,11,13H2,1-3H3,(H,31,35)/t17-/m1/s1. The van der Waals surface area contributed by atoms with Gasteiger partial charge in [0.1, 0.15) is 22.5 Å². The van der Waals surface area contributed by atoms with Crippen LogP contribution in [0.25, 0.3) is 10.2 Å². The van der Waals surface area contributed by atoms with Gasteiger partial charge in [0, 0.05) is 36.5 Å². The minimum absolute atomic E-state index is 0.0265. The maximum atomic E-state index is 13.7. The highest BCUT2D eigenvalue weighted by molar-refractivity contribution is 7.20. The molecule has 2 fully saturated rings. The van der Waals surface area contributed by atoms with Gasteiger partial charge >= 0.3 is 0 Å². The van der Waals surface area contributed by atoms with E-state index in [9.17, 15) is 14.4 Å². The highest BCUT2D eigenvalue weighted by atomic mass is 32.1. The first-order valence-corrected chi connectivity index (χ1v) is 13.9. The molecular formula is C27H31N7O3S. The number of likely N-dealkylation sites (tertiary alicyclic amines) is 1. The van der Waals surface area contributed by atoms with Gasteiger partial charge in [0.05, 0.1) is 16.3 Å². The third-order valence-corrected chi connectivity index (χ3v) is 9.29. The van der Waals surface area contributed by atoms with Crippen molar-refractivity contribution in [3.8, 4) is 0 Å². The number of aromatic nitrogens is 3. The van der Waals surface area contributed by atoms with Crippen molar-refractivity contribution < 1.29 is 9.59 Å². The number of carbonyl (C=O) groups excluding carboxylic acids is 2. The zero-order valence-electron chi connectivity index (χ0n) is 21.8. The predicted octanol–water partition coefficient (Wildman–Crippen LogP) is 2.52. The van der Waals surface area contributed by atoms with Crippen LogP contribution >= 0.6 is 11.3 Å². The fourth-order valence-electron chi connectivity index (χ4n) is 6.24. The maximum absolute atomic E-state index is 13.7. The lowest BCUT2D eigenvalue weighted by atomic mass is 10.0. The number of nitrogens with one attached hydrogen (secondary N) is 2. The van der Waals surface area contributed by atoms with E-state index in [0.29, 0.717) is 51.2 Å². The number of rotatable bonds is 5. The molecular weight excluding hydrogens is 502 g/mol. The fraction of sp³-hybridized carbons (Fsp3) is 0.481. The Bertz CT molecular complexity index is 1550. The highest BCUT2D eigenvalue weighted by Crippen LogP contribution is 2.38. The molecule has 1 saturated carbocycles. The van der Waals surface area contributed by atoms with Gasteiger partial charge < -0.3 is 20.5 Å². The second-order valence-corrected chi connectivity index (χ2v) is 11.9. The second kappa shape index (κ2) is 9.09. The molecule has 5 heterocycles. The molecule has 2 N–H and O–H groups in total. The largest absolute Gasteiger partial charge is 0.336 e. The molecule has 0 radical (unpaired) electrons. The molecule has 1 aliphatic carbocycles. The molecule has 1 spiro atoms. The van der Waals surface area contributed by atoms with Crippen molar-refractivity contribution in [1.82, 2.24) is 29.7 Å². The average molecular weight is 534 g/mol. The lowest BCUT2D eigenvalue weighted by molar-refractivity contribution is 0.0787. The maximum Gasteiger partial charge on any atom is 0.270 e. The van der Waals surface area contributed by atoms with E-state index < -0.39 is 5.66 Å². The summed E-state index contributed by atoms with van der Waals surface area (Å²) in [7, 11) is 4.06. The Kier molecular flexibility index (Phi) is 5.95. The Morgan fingerprint density at radius 3 is 2.71 bits per heavy atom. The van der Waals surface area contributed by atoms with E-state index in [1.54, 1.807) is 16.7 Å². The number of nitrogens with zero attached hydrogens (tertiary/aromatic N) is 5. The Morgan fingerprint density at radius 2 is 2.00 bits per heavy atom. The van der Waals surface area contributed by atoms with Crippen molar-refractivity contribution in [2.45, 2.75) is 57.2 Å². The second-order valence-electron chi connectivity index (χ2n) is 10.9. The van der Waals surface area contributed by atoms with E-state index in [2.05, 4.69) is 20.2 Å². The molecule has 6 rings (SSSR count). The normalized spacial score (nSPS) is 20.1. The van der Waals surface area contributed by atoms with E-state index in [-0.39, 0.29) is 29.5 Å². The molecule has 198 valence electrons. The van der Waals surface area contributed by atoms with E-state index in [4.69, 9.17) is 5.41 Å². The first-order chi connectivity index (χ1) is 18.2. The van der Waals surface area contributed by atoms with Crippen LogP contribution in [-0.2, 0) is 12.1 Å². The Labute approximate surface area is 224 Å². The summed E-state index contributed by atoms with van der Waals surface area (Å²) in [5, 5.41) is 12.6. The smallest absolute Gasteiger partial charge is 0.270 e. The fourth-order valence-corrected chi connectivity index (χ4v) is 7.21. The molecule has 3 aliphatic rings. The lowest BCUT2D eigenvalue weighted by Gasteiger charge is -2.26. The quantitative estimate of drug-likeness (QED) is 0.486. The summed E-state index contributed by atoms with van der Waals surface area (Å²) in [5.41, 5.74) is 1.33. The van der Waals surface area contributed by atoms with Gasteiger partial charge in [-0.3, -0.25) is 19.0 Å². The van der Waals surface area contributed by atoms with Crippen LogP contribution in [0.5, 0.6) is 0 Å². The topological polar surface area (TPSA) is 124 Å². The van der Waals surface area contributed by atoms with E-state index in [1.807, 2.05) is 25.9 Å². The molecule has 0 bridgehead atoms. The molecule has 2 amide bonds. The van der Waals surface area contributed by atoms with Gasteiger partial charge in [-0.05, 0) is 70.8 Å². The van der Waals surface area contributed by atoms with Crippen molar-refractivity contribution in [3.63, 3.8) is 0 Å². The number of hydrogen-bond donors (Lipinski definition) is 2.